The lowest BCUT2D eigenvalue weighted by Crippen LogP contribution is -2.49. The maximum atomic E-state index is 13.1. The average Bonchev–Trinajstić information content (AvgIpc) is 3.31. The number of aryl methyl sites for hydroxylation is 1. The molecule has 1 aliphatic heterocycles. The van der Waals surface area contributed by atoms with Gasteiger partial charge in [-0.1, -0.05) is 30.3 Å². The van der Waals surface area contributed by atoms with E-state index in [0.29, 0.717) is 18.8 Å². The molecule has 0 aliphatic carbocycles. The van der Waals surface area contributed by atoms with Gasteiger partial charge in [0.1, 0.15) is 22.6 Å². The summed E-state index contributed by atoms with van der Waals surface area (Å²) in [6.07, 6.45) is 3.67. The first-order chi connectivity index (χ1) is 12.2. The molecule has 1 amide bonds. The van der Waals surface area contributed by atoms with Crippen LogP contribution < -0.4 is 5.32 Å². The second kappa shape index (κ2) is 6.78. The number of aromatic nitrogens is 3. The van der Waals surface area contributed by atoms with E-state index in [1.807, 2.05) is 58.4 Å². The number of carbonyl (C=O) groups excluding carboxylic acids is 1. The molecule has 1 atom stereocenters. The SMILES string of the molecule is Cn1ccnc1C1CNCCN1C(=O)c1csc(-c2ccccc2)n1. The third-order valence-corrected chi connectivity index (χ3v) is 5.30. The van der Waals surface area contributed by atoms with Crippen molar-refractivity contribution >= 4 is 17.2 Å². The van der Waals surface area contributed by atoms with Crippen LogP contribution >= 0.6 is 11.3 Å². The maximum Gasteiger partial charge on any atom is 0.274 e. The van der Waals surface area contributed by atoms with Gasteiger partial charge in [-0.3, -0.25) is 4.79 Å². The highest BCUT2D eigenvalue weighted by Gasteiger charge is 2.32. The zero-order valence-electron chi connectivity index (χ0n) is 13.9. The highest BCUT2D eigenvalue weighted by atomic mass is 32.1. The van der Waals surface area contributed by atoms with Gasteiger partial charge in [0.15, 0.2) is 0 Å². The van der Waals surface area contributed by atoms with Crippen molar-refractivity contribution in [1.29, 1.82) is 0 Å². The second-order valence-electron chi connectivity index (χ2n) is 6.02. The van der Waals surface area contributed by atoms with Crippen LogP contribution in [0.4, 0.5) is 0 Å². The van der Waals surface area contributed by atoms with Crippen LogP contribution in [0.3, 0.4) is 0 Å². The molecule has 1 aliphatic rings. The van der Waals surface area contributed by atoms with E-state index in [1.165, 1.54) is 11.3 Å². The van der Waals surface area contributed by atoms with Gasteiger partial charge in [-0.05, 0) is 0 Å². The number of hydrogen-bond acceptors (Lipinski definition) is 5. The van der Waals surface area contributed by atoms with Crippen molar-refractivity contribution in [2.45, 2.75) is 6.04 Å². The van der Waals surface area contributed by atoms with Gasteiger partial charge in [-0.15, -0.1) is 11.3 Å². The molecule has 0 saturated carbocycles. The minimum Gasteiger partial charge on any atom is -0.336 e. The molecule has 1 N–H and O–H groups in total. The Kier molecular flexibility index (Phi) is 4.33. The number of thiazole rings is 1. The highest BCUT2D eigenvalue weighted by Crippen LogP contribution is 2.27. The molecule has 0 radical (unpaired) electrons. The van der Waals surface area contributed by atoms with Gasteiger partial charge in [0.2, 0.25) is 0 Å². The van der Waals surface area contributed by atoms with E-state index >= 15 is 0 Å². The Labute approximate surface area is 150 Å². The minimum atomic E-state index is -0.0804. The van der Waals surface area contributed by atoms with E-state index < -0.39 is 0 Å². The Balaban J connectivity index is 1.61. The van der Waals surface area contributed by atoms with Gasteiger partial charge < -0.3 is 14.8 Å². The van der Waals surface area contributed by atoms with Crippen LogP contribution in [0.25, 0.3) is 10.6 Å². The third-order valence-electron chi connectivity index (χ3n) is 4.40. The van der Waals surface area contributed by atoms with E-state index in [9.17, 15) is 4.79 Å². The Bertz CT molecular complexity index is 872. The normalized spacial score (nSPS) is 17.6. The minimum absolute atomic E-state index is 0.0343. The zero-order valence-corrected chi connectivity index (χ0v) is 14.7. The number of hydrogen-bond donors (Lipinski definition) is 1. The van der Waals surface area contributed by atoms with Crippen molar-refractivity contribution in [3.05, 3.63) is 59.6 Å². The molecule has 4 rings (SSSR count). The van der Waals surface area contributed by atoms with Crippen LogP contribution in [0.15, 0.2) is 48.1 Å². The lowest BCUT2D eigenvalue weighted by atomic mass is 10.1. The molecule has 1 saturated heterocycles. The van der Waals surface area contributed by atoms with Gasteiger partial charge in [-0.25, -0.2) is 9.97 Å². The molecular formula is C18H19N5OS. The first kappa shape index (κ1) is 16.0. The van der Waals surface area contributed by atoms with Crippen LogP contribution in [0.5, 0.6) is 0 Å². The number of nitrogens with zero attached hydrogens (tertiary/aromatic N) is 4. The van der Waals surface area contributed by atoms with Crippen molar-refractivity contribution in [2.75, 3.05) is 19.6 Å². The van der Waals surface area contributed by atoms with Crippen LogP contribution in [0.1, 0.15) is 22.4 Å². The van der Waals surface area contributed by atoms with Crippen molar-refractivity contribution < 1.29 is 4.79 Å². The molecule has 3 heterocycles. The first-order valence-corrected chi connectivity index (χ1v) is 9.12. The molecule has 1 fully saturated rings. The summed E-state index contributed by atoms with van der Waals surface area (Å²) >= 11 is 1.50. The fraction of sp³-hybridized carbons (Fsp3) is 0.278. The van der Waals surface area contributed by atoms with Crippen LogP contribution in [0.2, 0.25) is 0 Å². The van der Waals surface area contributed by atoms with E-state index in [2.05, 4.69) is 15.3 Å². The van der Waals surface area contributed by atoms with Crippen LogP contribution in [-0.2, 0) is 7.05 Å². The largest absolute Gasteiger partial charge is 0.336 e. The summed E-state index contributed by atoms with van der Waals surface area (Å²) in [4.78, 5) is 23.9. The summed E-state index contributed by atoms with van der Waals surface area (Å²) in [6.45, 7) is 2.13. The van der Waals surface area contributed by atoms with Gasteiger partial charge in [0, 0.05) is 50.0 Å². The standard InChI is InChI=1S/C18H19N5OS/c1-22-9-8-20-16(22)15-11-19-7-10-23(15)18(24)14-12-25-17(21-14)13-5-3-2-4-6-13/h2-6,8-9,12,15,19H,7,10-11H2,1H3. The fourth-order valence-corrected chi connectivity index (χ4v) is 3.91. The predicted octanol–water partition coefficient (Wildman–Crippen LogP) is 2.33. The van der Waals surface area contributed by atoms with Crippen molar-refractivity contribution in [3.63, 3.8) is 0 Å². The summed E-state index contributed by atoms with van der Waals surface area (Å²) in [5, 5.41) is 6.07. The molecule has 1 unspecified atom stereocenters. The fourth-order valence-electron chi connectivity index (χ4n) is 3.11. The Hall–Kier alpha value is -2.51. The Morgan fingerprint density at radius 3 is 2.92 bits per heavy atom. The van der Waals surface area contributed by atoms with Crippen LogP contribution in [0, 0.1) is 0 Å². The highest BCUT2D eigenvalue weighted by molar-refractivity contribution is 7.13. The Morgan fingerprint density at radius 2 is 2.16 bits per heavy atom. The molecule has 128 valence electrons. The monoisotopic (exact) mass is 353 g/mol. The topological polar surface area (TPSA) is 63.1 Å². The molecule has 0 spiro atoms. The number of benzene rings is 1. The number of nitrogens with one attached hydrogen (secondary N) is 1. The number of piperazine rings is 1. The van der Waals surface area contributed by atoms with Crippen molar-refractivity contribution in [1.82, 2.24) is 24.8 Å². The predicted molar refractivity (Wildman–Crippen MR) is 97.4 cm³/mol. The molecule has 25 heavy (non-hydrogen) atoms. The molecule has 6 nitrogen and oxygen atoms in total. The molecular weight excluding hydrogens is 334 g/mol. The maximum absolute atomic E-state index is 13.1. The van der Waals surface area contributed by atoms with E-state index in [4.69, 9.17) is 0 Å². The summed E-state index contributed by atoms with van der Waals surface area (Å²) in [7, 11) is 1.95. The van der Waals surface area contributed by atoms with Gasteiger partial charge in [0.25, 0.3) is 5.91 Å². The molecule has 1 aromatic carbocycles. The van der Waals surface area contributed by atoms with Crippen molar-refractivity contribution in [2.24, 2.45) is 7.05 Å². The summed E-state index contributed by atoms with van der Waals surface area (Å²) in [5.74, 6) is 0.854. The number of rotatable bonds is 3. The van der Waals surface area contributed by atoms with Gasteiger partial charge in [-0.2, -0.15) is 0 Å². The van der Waals surface area contributed by atoms with E-state index in [1.54, 1.807) is 6.20 Å². The van der Waals surface area contributed by atoms with Gasteiger partial charge in [0.05, 0.1) is 0 Å². The molecule has 0 bridgehead atoms. The van der Waals surface area contributed by atoms with Crippen molar-refractivity contribution in [3.8, 4) is 10.6 Å². The van der Waals surface area contributed by atoms with E-state index in [0.717, 1.165) is 22.9 Å². The molecule has 3 aromatic rings. The third kappa shape index (κ3) is 3.08. The van der Waals surface area contributed by atoms with E-state index in [-0.39, 0.29) is 11.9 Å². The Morgan fingerprint density at radius 1 is 1.32 bits per heavy atom. The molecule has 7 heteroatoms. The summed E-state index contributed by atoms with van der Waals surface area (Å²) < 4.78 is 1.97. The smallest absolute Gasteiger partial charge is 0.274 e. The number of amides is 1. The lowest BCUT2D eigenvalue weighted by molar-refractivity contribution is 0.0615. The zero-order chi connectivity index (χ0) is 17.2. The summed E-state index contributed by atoms with van der Waals surface area (Å²) in [5.41, 5.74) is 1.54. The second-order valence-corrected chi connectivity index (χ2v) is 6.88. The average molecular weight is 353 g/mol. The number of carbonyl (C=O) groups is 1. The first-order valence-electron chi connectivity index (χ1n) is 8.24. The van der Waals surface area contributed by atoms with Gasteiger partial charge >= 0.3 is 0 Å². The van der Waals surface area contributed by atoms with Crippen LogP contribution in [-0.4, -0.2) is 45.0 Å². The number of imidazole rings is 1. The quantitative estimate of drug-likeness (QED) is 0.785. The summed E-state index contributed by atoms with van der Waals surface area (Å²) in [6, 6.07) is 9.87. The molecule has 2 aromatic heterocycles. The lowest BCUT2D eigenvalue weighted by Gasteiger charge is -2.35.